The third-order valence-electron chi connectivity index (χ3n) is 7.99. The Balaban J connectivity index is 2.82. The molecule has 0 fully saturated rings. The normalized spacial score (nSPS) is 14.0. The fraction of sp³-hybridized carbons (Fsp3) is 0.639. The van der Waals surface area contributed by atoms with E-state index in [1.165, 1.54) is 12.5 Å². The lowest BCUT2D eigenvalue weighted by molar-refractivity contribution is -0.172. The van der Waals surface area contributed by atoms with Crippen LogP contribution < -0.4 is 10.1 Å². The van der Waals surface area contributed by atoms with Crippen LogP contribution >= 0.6 is 0 Å². The Labute approximate surface area is 278 Å². The molecule has 3 atom stereocenters. The second-order valence-corrected chi connectivity index (χ2v) is 12.6. The number of unbranched alkanes of at least 4 members (excludes halogenated alkanes) is 8. The van der Waals surface area contributed by atoms with Gasteiger partial charge in [-0.3, -0.25) is 14.4 Å². The van der Waals surface area contributed by atoms with E-state index in [0.717, 1.165) is 57.4 Å². The number of allylic oxidation sites excluding steroid dienone is 1. The van der Waals surface area contributed by atoms with Crippen molar-refractivity contribution in [2.45, 2.75) is 129 Å². The fourth-order valence-corrected chi connectivity index (χ4v) is 5.07. The molecule has 1 aromatic carbocycles. The van der Waals surface area contributed by atoms with Crippen LogP contribution in [0.1, 0.15) is 116 Å². The third kappa shape index (κ3) is 17.1. The Kier molecular flexibility index (Phi) is 20.0. The van der Waals surface area contributed by atoms with E-state index in [0.29, 0.717) is 49.5 Å². The minimum absolute atomic E-state index is 0.143. The average Bonchev–Trinajstić information content (AvgIpc) is 2.99. The molecule has 264 valence electrons. The van der Waals surface area contributed by atoms with Crippen molar-refractivity contribution in [3.05, 3.63) is 42.0 Å². The van der Waals surface area contributed by atoms with Crippen LogP contribution in [0.15, 0.2) is 36.4 Å². The minimum Gasteiger partial charge on any atom is -0.494 e. The third-order valence-corrected chi connectivity index (χ3v) is 7.99. The number of rotatable bonds is 27. The molecule has 47 heavy (non-hydrogen) atoms. The maximum atomic E-state index is 13.3. The smallest absolute Gasteiger partial charge is 0.337 e. The van der Waals surface area contributed by atoms with Crippen LogP contribution in [-0.2, 0) is 30.4 Å². The van der Waals surface area contributed by atoms with Crippen molar-refractivity contribution < 1.29 is 49.1 Å². The second-order valence-electron chi connectivity index (χ2n) is 12.6. The summed E-state index contributed by atoms with van der Waals surface area (Å²) in [5, 5.41) is 42.1. The SMILES string of the molecule is CCCCCCCC(=O)CCCCCC/C=C/[C@H](C(=O)N[C@@H](Cc1ccc(OCCC(C)C)cc1)C(=O)O)[C@@](O)(CC(=O)O)C(=O)O. The Morgan fingerprint density at radius 1 is 0.872 bits per heavy atom. The van der Waals surface area contributed by atoms with Gasteiger partial charge < -0.3 is 30.5 Å². The molecule has 0 saturated carbocycles. The molecule has 0 aromatic heterocycles. The van der Waals surface area contributed by atoms with Crippen LogP contribution in [0, 0.1) is 11.8 Å². The first-order valence-corrected chi connectivity index (χ1v) is 16.9. The van der Waals surface area contributed by atoms with Gasteiger partial charge in [-0.2, -0.15) is 0 Å². The van der Waals surface area contributed by atoms with Gasteiger partial charge in [-0.15, -0.1) is 0 Å². The van der Waals surface area contributed by atoms with Crippen molar-refractivity contribution in [1.29, 1.82) is 0 Å². The van der Waals surface area contributed by atoms with Gasteiger partial charge in [0.15, 0.2) is 5.60 Å². The van der Waals surface area contributed by atoms with Crippen LogP contribution in [0.4, 0.5) is 0 Å². The summed E-state index contributed by atoms with van der Waals surface area (Å²) in [5.41, 5.74) is -2.45. The number of hydrogen-bond donors (Lipinski definition) is 5. The quantitative estimate of drug-likeness (QED) is 0.0556. The number of nitrogens with one attached hydrogen (secondary N) is 1. The van der Waals surface area contributed by atoms with Gasteiger partial charge >= 0.3 is 17.9 Å². The minimum atomic E-state index is -3.01. The first kappa shape index (κ1) is 41.3. The van der Waals surface area contributed by atoms with Gasteiger partial charge in [-0.25, -0.2) is 9.59 Å². The summed E-state index contributed by atoms with van der Waals surface area (Å²) in [4.78, 5) is 60.9. The molecule has 1 amide bonds. The topological polar surface area (TPSA) is 188 Å². The van der Waals surface area contributed by atoms with E-state index in [9.17, 15) is 44.4 Å². The van der Waals surface area contributed by atoms with E-state index in [1.807, 2.05) is 0 Å². The predicted molar refractivity (Wildman–Crippen MR) is 178 cm³/mol. The Morgan fingerprint density at radius 3 is 2.00 bits per heavy atom. The zero-order valence-electron chi connectivity index (χ0n) is 28.2. The van der Waals surface area contributed by atoms with Crippen molar-refractivity contribution in [2.75, 3.05) is 6.61 Å². The fourth-order valence-electron chi connectivity index (χ4n) is 5.07. The number of carboxylic acids is 3. The van der Waals surface area contributed by atoms with Crippen LogP contribution in [0.2, 0.25) is 0 Å². The summed E-state index contributed by atoms with van der Waals surface area (Å²) in [5.74, 6) is -6.58. The van der Waals surface area contributed by atoms with E-state index in [-0.39, 0.29) is 12.2 Å². The maximum Gasteiger partial charge on any atom is 0.337 e. The second kappa shape index (κ2) is 22.7. The summed E-state index contributed by atoms with van der Waals surface area (Å²) in [7, 11) is 0. The Hall–Kier alpha value is -3.73. The van der Waals surface area contributed by atoms with E-state index in [2.05, 4.69) is 26.1 Å². The van der Waals surface area contributed by atoms with Gasteiger partial charge in [0.1, 0.15) is 17.6 Å². The van der Waals surface area contributed by atoms with Gasteiger partial charge in [0.25, 0.3) is 0 Å². The highest BCUT2D eigenvalue weighted by atomic mass is 16.5. The van der Waals surface area contributed by atoms with Crippen LogP contribution in [0.25, 0.3) is 0 Å². The van der Waals surface area contributed by atoms with Crippen molar-refractivity contribution in [3.63, 3.8) is 0 Å². The summed E-state index contributed by atoms with van der Waals surface area (Å²) in [6, 6.07) is 5.21. The van der Waals surface area contributed by atoms with Crippen LogP contribution in [-0.4, -0.2) is 68.3 Å². The molecular formula is C36H55NO10. The highest BCUT2D eigenvalue weighted by Gasteiger charge is 2.49. The molecule has 1 rings (SSSR count). The summed E-state index contributed by atoms with van der Waals surface area (Å²) in [6.07, 6.45) is 12.2. The highest BCUT2D eigenvalue weighted by Crippen LogP contribution is 2.26. The van der Waals surface area contributed by atoms with Gasteiger partial charge in [0.2, 0.25) is 5.91 Å². The molecule has 0 aliphatic rings. The van der Waals surface area contributed by atoms with Crippen molar-refractivity contribution >= 4 is 29.6 Å². The number of carbonyl (C=O) groups excluding carboxylic acids is 2. The van der Waals surface area contributed by atoms with Crippen LogP contribution in [0.3, 0.4) is 0 Å². The monoisotopic (exact) mass is 661 g/mol. The molecule has 0 saturated heterocycles. The summed E-state index contributed by atoms with van der Waals surface area (Å²) >= 11 is 0. The lowest BCUT2D eigenvalue weighted by Gasteiger charge is -2.29. The van der Waals surface area contributed by atoms with Gasteiger partial charge in [-0.1, -0.05) is 83.6 Å². The molecule has 0 bridgehead atoms. The van der Waals surface area contributed by atoms with Gasteiger partial charge in [0, 0.05) is 19.3 Å². The molecule has 1 aromatic rings. The number of benzene rings is 1. The number of ether oxygens (including phenoxy) is 1. The summed E-state index contributed by atoms with van der Waals surface area (Å²) < 4.78 is 5.68. The van der Waals surface area contributed by atoms with Crippen molar-refractivity contribution in [2.24, 2.45) is 11.8 Å². The lowest BCUT2D eigenvalue weighted by Crippen LogP contribution is -2.55. The van der Waals surface area contributed by atoms with Crippen molar-refractivity contribution in [3.8, 4) is 5.75 Å². The zero-order valence-corrected chi connectivity index (χ0v) is 28.2. The molecule has 0 aliphatic carbocycles. The van der Waals surface area contributed by atoms with Crippen LogP contribution in [0.5, 0.6) is 5.75 Å². The number of ketones is 1. The molecule has 11 nitrogen and oxygen atoms in total. The van der Waals surface area contributed by atoms with Gasteiger partial charge in [-0.05, 0) is 55.7 Å². The maximum absolute atomic E-state index is 13.3. The van der Waals surface area contributed by atoms with E-state index in [4.69, 9.17) is 4.74 Å². The Morgan fingerprint density at radius 2 is 1.47 bits per heavy atom. The number of carbonyl (C=O) groups is 5. The average molecular weight is 662 g/mol. The molecule has 0 unspecified atom stereocenters. The molecule has 0 spiro atoms. The molecule has 5 N–H and O–H groups in total. The highest BCUT2D eigenvalue weighted by molar-refractivity contribution is 5.94. The first-order chi connectivity index (χ1) is 22.3. The van der Waals surface area contributed by atoms with E-state index < -0.39 is 47.8 Å². The molecule has 0 heterocycles. The predicted octanol–water partition coefficient (Wildman–Crippen LogP) is 5.96. The number of amides is 1. The number of aliphatic carboxylic acids is 3. The number of hydrogen-bond acceptors (Lipinski definition) is 7. The lowest BCUT2D eigenvalue weighted by atomic mass is 9.82. The van der Waals surface area contributed by atoms with E-state index >= 15 is 0 Å². The molecule has 0 radical (unpaired) electrons. The zero-order chi connectivity index (χ0) is 35.2. The Bertz CT molecular complexity index is 1150. The molecule has 11 heteroatoms. The number of carboxylic acid groups (broad SMARTS) is 3. The summed E-state index contributed by atoms with van der Waals surface area (Å²) in [6.45, 7) is 6.84. The van der Waals surface area contributed by atoms with E-state index in [1.54, 1.807) is 24.3 Å². The molecule has 0 aliphatic heterocycles. The van der Waals surface area contributed by atoms with Crippen molar-refractivity contribution in [1.82, 2.24) is 5.32 Å². The molecular weight excluding hydrogens is 606 g/mol. The first-order valence-electron chi connectivity index (χ1n) is 16.9. The van der Waals surface area contributed by atoms with Gasteiger partial charge in [0.05, 0.1) is 18.9 Å². The number of Topliss-reactive ketones (excluding diaryl/α,β-unsaturated/α-hetero) is 1. The number of aliphatic hydroxyl groups is 1. The largest absolute Gasteiger partial charge is 0.494 e. The standard InChI is InChI=1S/C36H55NO10/c1-4-5-6-9-12-15-28(38)16-13-10-7-8-11-14-17-30(36(46,35(44)45)25-32(39)40)33(41)37-31(34(42)43)24-27-18-20-29(21-19-27)47-23-22-26(2)3/h14,17-21,26,30-31,46H,4-13,15-16,22-25H2,1-3H3,(H,37,41)(H,39,40)(H,42,43)(H,44,45)/b17-14+/t30-,31+,36+/m1/s1.